The number of hydrogen-bond donors (Lipinski definition) is 1. The quantitative estimate of drug-likeness (QED) is 0.438. The average molecular weight is 369 g/mol. The number of carbonyl (C=O) groups is 2. The van der Waals surface area contributed by atoms with Crippen LogP contribution in [0.4, 0.5) is 9.52 Å². The minimum Gasteiger partial charge on any atom is -0.465 e. The minimum atomic E-state index is -0.326. The molecule has 1 aromatic carbocycles. The Balaban J connectivity index is 1.78. The summed E-state index contributed by atoms with van der Waals surface area (Å²) in [6, 6.07) is 6.35. The van der Waals surface area contributed by atoms with Crippen LogP contribution in [0.2, 0.25) is 0 Å². The van der Waals surface area contributed by atoms with Crippen molar-refractivity contribution in [2.45, 2.75) is 24.1 Å². The Hall–Kier alpha value is -2.00. The second-order valence-corrected chi connectivity index (χ2v) is 6.81. The van der Waals surface area contributed by atoms with Crippen LogP contribution in [-0.2, 0) is 20.7 Å². The Morgan fingerprint density at radius 2 is 2.12 bits per heavy atom. The molecular formula is C15H16FN3O3S2. The van der Waals surface area contributed by atoms with Gasteiger partial charge in [-0.15, -0.1) is 10.2 Å². The Kier molecular flexibility index (Phi) is 7.13. The van der Waals surface area contributed by atoms with Crippen LogP contribution in [0.25, 0.3) is 0 Å². The first-order valence-corrected chi connectivity index (χ1v) is 9.04. The molecule has 0 unspecified atom stereocenters. The maximum atomic E-state index is 13.5. The minimum absolute atomic E-state index is 0.143. The molecular weight excluding hydrogens is 353 g/mol. The highest BCUT2D eigenvalue weighted by molar-refractivity contribution is 8.01. The van der Waals surface area contributed by atoms with Gasteiger partial charge in [0.25, 0.3) is 0 Å². The molecule has 0 bridgehead atoms. The smallest absolute Gasteiger partial charge is 0.316 e. The fraction of sp³-hybridized carbons (Fsp3) is 0.333. The molecule has 1 amide bonds. The van der Waals surface area contributed by atoms with Crippen molar-refractivity contribution in [3.63, 3.8) is 0 Å². The van der Waals surface area contributed by atoms with Gasteiger partial charge < -0.3 is 10.1 Å². The SMILES string of the molecule is CCOC(=O)CSc1nnc(NC(=O)CCc2ccccc2F)s1. The molecule has 6 nitrogen and oxygen atoms in total. The number of nitrogens with one attached hydrogen (secondary N) is 1. The Morgan fingerprint density at radius 1 is 1.33 bits per heavy atom. The number of benzene rings is 1. The van der Waals surface area contributed by atoms with Gasteiger partial charge in [-0.3, -0.25) is 9.59 Å². The summed E-state index contributed by atoms with van der Waals surface area (Å²) in [5.41, 5.74) is 0.496. The van der Waals surface area contributed by atoms with E-state index >= 15 is 0 Å². The average Bonchev–Trinajstić information content (AvgIpc) is 3.00. The number of carbonyl (C=O) groups excluding carboxylic acids is 2. The molecule has 128 valence electrons. The van der Waals surface area contributed by atoms with E-state index < -0.39 is 0 Å². The van der Waals surface area contributed by atoms with Gasteiger partial charge in [-0.1, -0.05) is 41.3 Å². The van der Waals surface area contributed by atoms with Crippen molar-refractivity contribution in [2.75, 3.05) is 17.7 Å². The highest BCUT2D eigenvalue weighted by Crippen LogP contribution is 2.25. The van der Waals surface area contributed by atoms with E-state index in [9.17, 15) is 14.0 Å². The van der Waals surface area contributed by atoms with Gasteiger partial charge in [0.15, 0.2) is 4.34 Å². The van der Waals surface area contributed by atoms with E-state index in [0.29, 0.717) is 28.1 Å². The summed E-state index contributed by atoms with van der Waals surface area (Å²) in [4.78, 5) is 23.1. The molecule has 24 heavy (non-hydrogen) atoms. The molecule has 0 fully saturated rings. The summed E-state index contributed by atoms with van der Waals surface area (Å²) in [6.07, 6.45) is 0.452. The number of nitrogens with zero attached hydrogens (tertiary/aromatic N) is 2. The topological polar surface area (TPSA) is 81.2 Å². The van der Waals surface area contributed by atoms with Crippen molar-refractivity contribution in [1.82, 2.24) is 10.2 Å². The van der Waals surface area contributed by atoms with Gasteiger partial charge in [-0.25, -0.2) is 4.39 Å². The third-order valence-corrected chi connectivity index (χ3v) is 4.80. The van der Waals surface area contributed by atoms with Gasteiger partial charge in [-0.2, -0.15) is 0 Å². The molecule has 0 saturated heterocycles. The molecule has 0 radical (unpaired) electrons. The summed E-state index contributed by atoms with van der Waals surface area (Å²) in [5, 5.41) is 10.7. The number of ether oxygens (including phenoxy) is 1. The zero-order valence-electron chi connectivity index (χ0n) is 13.0. The van der Waals surface area contributed by atoms with Crippen LogP contribution in [0.3, 0.4) is 0 Å². The molecule has 0 aliphatic heterocycles. The van der Waals surface area contributed by atoms with Crippen molar-refractivity contribution < 1.29 is 18.7 Å². The second kappa shape index (κ2) is 9.33. The number of aryl methyl sites for hydroxylation is 1. The second-order valence-electron chi connectivity index (χ2n) is 4.61. The highest BCUT2D eigenvalue weighted by Gasteiger charge is 2.11. The molecule has 1 N–H and O–H groups in total. The molecule has 1 aromatic heterocycles. The van der Waals surface area contributed by atoms with Crippen LogP contribution in [-0.4, -0.2) is 34.4 Å². The fourth-order valence-electron chi connectivity index (χ4n) is 1.77. The molecule has 1 heterocycles. The van der Waals surface area contributed by atoms with Gasteiger partial charge in [0.1, 0.15) is 5.82 Å². The zero-order chi connectivity index (χ0) is 17.4. The van der Waals surface area contributed by atoms with Gasteiger partial charge in [0.2, 0.25) is 11.0 Å². The molecule has 0 aliphatic rings. The number of halogens is 1. The van der Waals surface area contributed by atoms with E-state index in [1.807, 2.05) is 0 Å². The standard InChI is InChI=1S/C15H16FN3O3S2/c1-2-22-13(21)9-23-15-19-18-14(24-15)17-12(20)8-7-10-5-3-4-6-11(10)16/h3-6H,2,7-9H2,1H3,(H,17,18,20). The zero-order valence-corrected chi connectivity index (χ0v) is 14.6. The summed E-state index contributed by atoms with van der Waals surface area (Å²) in [6.45, 7) is 2.07. The third-order valence-electron chi connectivity index (χ3n) is 2.85. The molecule has 2 rings (SSSR count). The number of thioether (sulfide) groups is 1. The first kappa shape index (κ1) is 18.3. The van der Waals surface area contributed by atoms with Crippen molar-refractivity contribution in [2.24, 2.45) is 0 Å². The normalized spacial score (nSPS) is 10.4. The van der Waals surface area contributed by atoms with Gasteiger partial charge >= 0.3 is 5.97 Å². The van der Waals surface area contributed by atoms with Crippen molar-refractivity contribution in [1.29, 1.82) is 0 Å². The molecule has 0 spiro atoms. The van der Waals surface area contributed by atoms with Crippen LogP contribution in [0.1, 0.15) is 18.9 Å². The number of amides is 1. The lowest BCUT2D eigenvalue weighted by molar-refractivity contribution is -0.139. The third kappa shape index (κ3) is 5.89. The van der Waals surface area contributed by atoms with Crippen LogP contribution in [0.5, 0.6) is 0 Å². The molecule has 0 atom stereocenters. The van der Waals surface area contributed by atoms with Crippen molar-refractivity contribution >= 4 is 40.1 Å². The van der Waals surface area contributed by atoms with Gasteiger partial charge in [0, 0.05) is 6.42 Å². The predicted molar refractivity (Wildman–Crippen MR) is 90.6 cm³/mol. The summed E-state index contributed by atoms with van der Waals surface area (Å²) >= 11 is 2.37. The van der Waals surface area contributed by atoms with E-state index in [1.165, 1.54) is 29.2 Å². The summed E-state index contributed by atoms with van der Waals surface area (Å²) < 4.78 is 18.9. The molecule has 9 heteroatoms. The number of aromatic nitrogens is 2. The van der Waals surface area contributed by atoms with Crippen LogP contribution >= 0.6 is 23.1 Å². The van der Waals surface area contributed by atoms with Crippen LogP contribution in [0, 0.1) is 5.82 Å². The van der Waals surface area contributed by atoms with E-state index in [1.54, 1.807) is 25.1 Å². The highest BCUT2D eigenvalue weighted by atomic mass is 32.2. The maximum Gasteiger partial charge on any atom is 0.316 e. The number of hydrogen-bond acceptors (Lipinski definition) is 7. The number of rotatable bonds is 8. The largest absolute Gasteiger partial charge is 0.465 e. The molecule has 0 saturated carbocycles. The monoisotopic (exact) mass is 369 g/mol. The Bertz CT molecular complexity index is 709. The predicted octanol–water partition coefficient (Wildman–Crippen LogP) is 2.90. The van der Waals surface area contributed by atoms with Gasteiger partial charge in [0.05, 0.1) is 12.4 Å². The number of anilines is 1. The van der Waals surface area contributed by atoms with Gasteiger partial charge in [-0.05, 0) is 25.0 Å². The lowest BCUT2D eigenvalue weighted by atomic mass is 10.1. The van der Waals surface area contributed by atoms with E-state index in [2.05, 4.69) is 15.5 Å². The van der Waals surface area contributed by atoms with Crippen molar-refractivity contribution in [3.8, 4) is 0 Å². The Labute approximate surface area is 146 Å². The first-order valence-electron chi connectivity index (χ1n) is 7.23. The lowest BCUT2D eigenvalue weighted by Crippen LogP contribution is -2.12. The van der Waals surface area contributed by atoms with E-state index in [4.69, 9.17) is 4.74 Å². The maximum absolute atomic E-state index is 13.5. The molecule has 2 aromatic rings. The number of esters is 1. The summed E-state index contributed by atoms with van der Waals surface area (Å²) in [7, 11) is 0. The van der Waals surface area contributed by atoms with E-state index in [0.717, 1.165) is 0 Å². The fourth-order valence-corrected chi connectivity index (χ4v) is 3.34. The van der Waals surface area contributed by atoms with Crippen molar-refractivity contribution in [3.05, 3.63) is 35.6 Å². The molecule has 0 aliphatic carbocycles. The first-order chi connectivity index (χ1) is 11.6. The lowest BCUT2D eigenvalue weighted by Gasteiger charge is -2.02. The van der Waals surface area contributed by atoms with Crippen LogP contribution < -0.4 is 5.32 Å². The van der Waals surface area contributed by atoms with E-state index in [-0.39, 0.29) is 29.9 Å². The Morgan fingerprint density at radius 3 is 2.88 bits per heavy atom. The summed E-state index contributed by atoms with van der Waals surface area (Å²) in [5.74, 6) is -0.771. The van der Waals surface area contributed by atoms with Crippen LogP contribution in [0.15, 0.2) is 28.6 Å².